The lowest BCUT2D eigenvalue weighted by molar-refractivity contribution is 0.0794. The van der Waals surface area contributed by atoms with Crippen LogP contribution >= 0.6 is 11.6 Å². The minimum absolute atomic E-state index is 0.0404. The van der Waals surface area contributed by atoms with Gasteiger partial charge in [0.05, 0.1) is 24.7 Å². The van der Waals surface area contributed by atoms with E-state index in [9.17, 15) is 15.0 Å². The number of nitrogens with zero attached hydrogens (tertiary/aromatic N) is 3. The molecule has 8 heteroatoms. The highest BCUT2D eigenvalue weighted by Gasteiger charge is 2.38. The molecular weight excluding hydrogens is 524 g/mol. The predicted octanol–water partition coefficient (Wildman–Crippen LogP) is 4.25. The van der Waals surface area contributed by atoms with Gasteiger partial charge in [-0.1, -0.05) is 84.4 Å². The van der Waals surface area contributed by atoms with Gasteiger partial charge in [-0.05, 0) is 54.8 Å². The Labute approximate surface area is 240 Å². The fraction of sp³-hybridized carbons (Fsp3) is 0.312. The van der Waals surface area contributed by atoms with Crippen molar-refractivity contribution >= 4 is 17.5 Å². The summed E-state index contributed by atoms with van der Waals surface area (Å²) in [6.45, 7) is 2.26. The van der Waals surface area contributed by atoms with E-state index < -0.39 is 12.7 Å². The van der Waals surface area contributed by atoms with Gasteiger partial charge < -0.3 is 20.1 Å². The quantitative estimate of drug-likeness (QED) is 0.271. The SMILES string of the molecule is O=C(NCC(O)CO)c1c(CN2CCC(c3ccccc3)(c3ccccc3)CC2)ncn1Cc1ccc(Cl)cc1. The number of benzene rings is 3. The van der Waals surface area contributed by atoms with E-state index in [0.717, 1.165) is 31.5 Å². The number of hydrogen-bond donors (Lipinski definition) is 3. The van der Waals surface area contributed by atoms with Crippen LogP contribution in [0.5, 0.6) is 0 Å². The smallest absolute Gasteiger partial charge is 0.270 e. The van der Waals surface area contributed by atoms with Crippen LogP contribution < -0.4 is 5.32 Å². The Morgan fingerprint density at radius 2 is 1.52 bits per heavy atom. The van der Waals surface area contributed by atoms with Crippen LogP contribution in [0.4, 0.5) is 0 Å². The summed E-state index contributed by atoms with van der Waals surface area (Å²) in [6, 6.07) is 29.0. The summed E-state index contributed by atoms with van der Waals surface area (Å²) in [6.07, 6.45) is 2.59. The van der Waals surface area contributed by atoms with E-state index in [1.54, 1.807) is 6.33 Å². The first-order chi connectivity index (χ1) is 19.5. The van der Waals surface area contributed by atoms with E-state index in [-0.39, 0.29) is 17.9 Å². The van der Waals surface area contributed by atoms with Crippen LogP contribution in [-0.2, 0) is 18.5 Å². The largest absolute Gasteiger partial charge is 0.394 e. The Bertz CT molecular complexity index is 1340. The molecule has 0 bridgehead atoms. The van der Waals surface area contributed by atoms with E-state index in [1.807, 2.05) is 28.8 Å². The molecule has 7 nitrogen and oxygen atoms in total. The number of likely N-dealkylation sites (tertiary alicyclic amines) is 1. The lowest BCUT2D eigenvalue weighted by Gasteiger charge is -2.43. The maximum Gasteiger partial charge on any atom is 0.270 e. The molecule has 4 aromatic rings. The van der Waals surface area contributed by atoms with E-state index in [0.29, 0.717) is 29.5 Å². The van der Waals surface area contributed by atoms with Crippen LogP contribution in [0.1, 0.15) is 45.7 Å². The summed E-state index contributed by atoms with van der Waals surface area (Å²) in [4.78, 5) is 20.3. The van der Waals surface area contributed by atoms with Crippen molar-refractivity contribution in [3.63, 3.8) is 0 Å². The molecule has 1 atom stereocenters. The Morgan fingerprint density at radius 1 is 0.925 bits per heavy atom. The number of nitrogens with one attached hydrogen (secondary N) is 1. The van der Waals surface area contributed by atoms with Crippen molar-refractivity contribution in [1.29, 1.82) is 0 Å². The molecule has 1 aliphatic rings. The predicted molar refractivity (Wildman–Crippen MR) is 156 cm³/mol. The second kappa shape index (κ2) is 12.8. The summed E-state index contributed by atoms with van der Waals surface area (Å²) >= 11 is 6.06. The molecule has 1 amide bonds. The molecule has 3 N–H and O–H groups in total. The molecule has 0 radical (unpaired) electrons. The Balaban J connectivity index is 1.37. The van der Waals surface area contributed by atoms with Gasteiger partial charge in [0, 0.05) is 30.1 Å². The molecule has 5 rings (SSSR count). The first-order valence-corrected chi connectivity index (χ1v) is 14.1. The standard InChI is InChI=1S/C32H35ClN4O3/c33-27-13-11-24(12-14-27)20-37-23-35-29(30(37)31(40)34-19-28(39)22-38)21-36-17-15-32(16-18-36,25-7-3-1-4-8-25)26-9-5-2-6-10-26/h1-14,23,28,38-39H,15-22H2,(H,34,40). The summed E-state index contributed by atoms with van der Waals surface area (Å²) in [5, 5.41) is 22.4. The zero-order valence-corrected chi connectivity index (χ0v) is 23.2. The Morgan fingerprint density at radius 3 is 2.10 bits per heavy atom. The summed E-state index contributed by atoms with van der Waals surface area (Å²) in [5.41, 5.74) is 4.74. The molecule has 2 heterocycles. The topological polar surface area (TPSA) is 90.6 Å². The molecule has 0 aliphatic carbocycles. The second-order valence-electron chi connectivity index (χ2n) is 10.4. The van der Waals surface area contributed by atoms with Crippen molar-refractivity contribution in [1.82, 2.24) is 19.8 Å². The van der Waals surface area contributed by atoms with Crippen LogP contribution in [0.15, 0.2) is 91.3 Å². The molecule has 3 aromatic carbocycles. The van der Waals surface area contributed by atoms with Crippen LogP contribution in [0, 0.1) is 0 Å². The van der Waals surface area contributed by atoms with Gasteiger partial charge in [-0.3, -0.25) is 9.69 Å². The highest BCUT2D eigenvalue weighted by molar-refractivity contribution is 6.30. The average Bonchev–Trinajstić information content (AvgIpc) is 3.39. The van der Waals surface area contributed by atoms with E-state index in [1.165, 1.54) is 11.1 Å². The number of halogens is 1. The van der Waals surface area contributed by atoms with Crippen molar-refractivity contribution in [2.75, 3.05) is 26.2 Å². The van der Waals surface area contributed by atoms with Gasteiger partial charge in [0.15, 0.2) is 0 Å². The fourth-order valence-electron chi connectivity index (χ4n) is 5.63. The summed E-state index contributed by atoms with van der Waals surface area (Å²) in [5.74, 6) is -0.325. The number of carbonyl (C=O) groups excluding carboxylic acids is 1. The van der Waals surface area contributed by atoms with Gasteiger partial charge in [0.1, 0.15) is 5.69 Å². The third kappa shape index (κ3) is 6.29. The maximum atomic E-state index is 13.3. The van der Waals surface area contributed by atoms with Crippen LogP contribution in [0.3, 0.4) is 0 Å². The van der Waals surface area contributed by atoms with Gasteiger partial charge in [0.25, 0.3) is 5.91 Å². The van der Waals surface area contributed by atoms with Gasteiger partial charge in [-0.2, -0.15) is 0 Å². The third-order valence-electron chi connectivity index (χ3n) is 7.84. The van der Waals surface area contributed by atoms with Crippen molar-refractivity contribution in [3.8, 4) is 0 Å². The molecule has 0 spiro atoms. The number of carbonyl (C=O) groups is 1. The van der Waals surface area contributed by atoms with Gasteiger partial charge in [-0.15, -0.1) is 0 Å². The minimum atomic E-state index is -1.02. The number of aliphatic hydroxyl groups is 2. The number of amides is 1. The van der Waals surface area contributed by atoms with E-state index in [2.05, 4.69) is 75.9 Å². The monoisotopic (exact) mass is 558 g/mol. The fourth-order valence-corrected chi connectivity index (χ4v) is 5.76. The minimum Gasteiger partial charge on any atom is -0.394 e. The number of imidazole rings is 1. The number of hydrogen-bond acceptors (Lipinski definition) is 5. The van der Waals surface area contributed by atoms with Crippen LogP contribution in [0.25, 0.3) is 0 Å². The number of aromatic nitrogens is 2. The average molecular weight is 559 g/mol. The van der Waals surface area contributed by atoms with E-state index in [4.69, 9.17) is 11.6 Å². The highest BCUT2D eigenvalue weighted by atomic mass is 35.5. The number of piperidine rings is 1. The number of aliphatic hydroxyl groups excluding tert-OH is 2. The maximum absolute atomic E-state index is 13.3. The Kier molecular flexibility index (Phi) is 8.97. The van der Waals surface area contributed by atoms with Crippen molar-refractivity contribution < 1.29 is 15.0 Å². The summed E-state index contributed by atoms with van der Waals surface area (Å²) < 4.78 is 1.83. The molecule has 1 unspecified atom stereocenters. The van der Waals surface area contributed by atoms with Gasteiger partial charge in [-0.25, -0.2) is 4.98 Å². The first kappa shape index (κ1) is 28.1. The van der Waals surface area contributed by atoms with Crippen LogP contribution in [-0.4, -0.2) is 62.9 Å². The lowest BCUT2D eigenvalue weighted by atomic mass is 9.68. The van der Waals surface area contributed by atoms with Gasteiger partial charge in [0.2, 0.25) is 0 Å². The second-order valence-corrected chi connectivity index (χ2v) is 10.9. The Hall–Kier alpha value is -3.49. The zero-order chi connectivity index (χ0) is 28.0. The lowest BCUT2D eigenvalue weighted by Crippen LogP contribution is -2.43. The van der Waals surface area contributed by atoms with Crippen LogP contribution in [0.2, 0.25) is 5.02 Å². The third-order valence-corrected chi connectivity index (χ3v) is 8.09. The van der Waals surface area contributed by atoms with Crippen molar-refractivity contribution in [2.45, 2.75) is 37.5 Å². The zero-order valence-electron chi connectivity index (χ0n) is 22.4. The normalized spacial score (nSPS) is 16.0. The molecular formula is C32H35ClN4O3. The first-order valence-electron chi connectivity index (χ1n) is 13.7. The molecule has 1 saturated heterocycles. The molecule has 1 aromatic heterocycles. The molecule has 208 valence electrons. The van der Waals surface area contributed by atoms with Crippen molar-refractivity contribution in [3.05, 3.63) is 124 Å². The number of rotatable bonds is 10. The molecule has 0 saturated carbocycles. The molecule has 1 fully saturated rings. The van der Waals surface area contributed by atoms with Crippen molar-refractivity contribution in [2.24, 2.45) is 0 Å². The molecule has 1 aliphatic heterocycles. The molecule has 40 heavy (non-hydrogen) atoms. The highest BCUT2D eigenvalue weighted by Crippen LogP contribution is 2.42. The van der Waals surface area contributed by atoms with Gasteiger partial charge >= 0.3 is 0 Å². The summed E-state index contributed by atoms with van der Waals surface area (Å²) in [7, 11) is 0. The van der Waals surface area contributed by atoms with E-state index >= 15 is 0 Å².